The van der Waals surface area contributed by atoms with Gasteiger partial charge in [-0.15, -0.1) is 0 Å². The van der Waals surface area contributed by atoms with E-state index in [9.17, 15) is 22.8 Å². The lowest BCUT2D eigenvalue weighted by atomic mass is 9.89. The molecule has 1 N–H and O–H groups in total. The maximum absolute atomic E-state index is 14.5. The van der Waals surface area contributed by atoms with Gasteiger partial charge in [0.15, 0.2) is 14.2 Å². The van der Waals surface area contributed by atoms with E-state index in [4.69, 9.17) is 18.6 Å². The number of rotatable bonds is 7. The van der Waals surface area contributed by atoms with E-state index in [1.165, 1.54) is 18.2 Å². The topological polar surface area (TPSA) is 95.5 Å². The van der Waals surface area contributed by atoms with Crippen molar-refractivity contribution in [2.75, 3.05) is 7.11 Å². The highest BCUT2D eigenvalue weighted by molar-refractivity contribution is 6.74. The molecule has 3 aliphatic rings. The van der Waals surface area contributed by atoms with Crippen LogP contribution in [0.2, 0.25) is 18.1 Å². The summed E-state index contributed by atoms with van der Waals surface area (Å²) in [4.78, 5) is 31.1. The first-order valence-electron chi connectivity index (χ1n) is 13.8. The number of benzene rings is 2. The molecule has 1 aliphatic carbocycles. The third kappa shape index (κ3) is 4.64. The van der Waals surface area contributed by atoms with E-state index in [-0.39, 0.29) is 23.7 Å². The Bertz CT molecular complexity index is 1420. The number of alkyl halides is 3. The lowest BCUT2D eigenvalue weighted by Crippen LogP contribution is -2.59. The molecule has 1 saturated carbocycles. The summed E-state index contributed by atoms with van der Waals surface area (Å²) in [5.74, 6) is -2.40. The lowest BCUT2D eigenvalue weighted by Gasteiger charge is -2.39. The van der Waals surface area contributed by atoms with Crippen molar-refractivity contribution < 1.29 is 41.4 Å². The minimum absolute atomic E-state index is 0.0298. The molecule has 226 valence electrons. The zero-order valence-electron chi connectivity index (χ0n) is 24.4. The number of hydrogen-bond acceptors (Lipinski definition) is 7. The molecular weight excluding hydrogens is 569 g/mol. The summed E-state index contributed by atoms with van der Waals surface area (Å²) in [6.45, 7) is 11.1. The zero-order valence-corrected chi connectivity index (χ0v) is 25.4. The van der Waals surface area contributed by atoms with Gasteiger partial charge in [-0.1, -0.05) is 57.2 Å². The quantitative estimate of drug-likeness (QED) is 0.311. The lowest BCUT2D eigenvalue weighted by molar-refractivity contribution is -0.279. The van der Waals surface area contributed by atoms with Crippen molar-refractivity contribution in [3.63, 3.8) is 0 Å². The molecule has 2 aromatic rings. The molecule has 2 aliphatic heterocycles. The molecule has 0 bridgehead atoms. The van der Waals surface area contributed by atoms with Crippen molar-refractivity contribution in [3.8, 4) is 5.75 Å². The average Bonchev–Trinajstić information content (AvgIpc) is 3.39. The fraction of sp³-hybridized carbons (Fsp3) is 0.500. The van der Waals surface area contributed by atoms with Gasteiger partial charge in [0.05, 0.1) is 12.5 Å². The van der Waals surface area contributed by atoms with Gasteiger partial charge in [0.2, 0.25) is 11.5 Å². The Kier molecular flexibility index (Phi) is 7.34. The van der Waals surface area contributed by atoms with E-state index >= 15 is 0 Å². The number of hydrogen-bond donors (Lipinski definition) is 1. The number of fused-ring (bicyclic) bond motifs is 1. The van der Waals surface area contributed by atoms with Crippen molar-refractivity contribution in [2.45, 2.75) is 81.8 Å². The molecule has 4 atom stereocenters. The average molecular weight is 605 g/mol. The molecule has 0 aromatic heterocycles. The molecule has 0 unspecified atom stereocenters. The van der Waals surface area contributed by atoms with Crippen molar-refractivity contribution in [3.05, 3.63) is 59.7 Å². The molecular formula is C30H35F3N2O6Si. The number of amidine groups is 1. The number of esters is 1. The predicted molar refractivity (Wildman–Crippen MR) is 151 cm³/mol. The number of methoxy groups -OCH3 is 1. The second kappa shape index (κ2) is 10.2. The molecule has 8 nitrogen and oxygen atoms in total. The van der Waals surface area contributed by atoms with Crippen molar-refractivity contribution >= 4 is 31.7 Å². The van der Waals surface area contributed by atoms with Gasteiger partial charge in [-0.05, 0) is 48.7 Å². The van der Waals surface area contributed by atoms with Gasteiger partial charge in [0.1, 0.15) is 17.5 Å². The van der Waals surface area contributed by atoms with Crippen LogP contribution >= 0.6 is 0 Å². The molecule has 1 spiro atoms. The second-order valence-corrected chi connectivity index (χ2v) is 17.3. The Morgan fingerprint density at radius 3 is 2.43 bits per heavy atom. The van der Waals surface area contributed by atoms with Crippen molar-refractivity contribution in [2.24, 2.45) is 10.9 Å². The number of aliphatic imine (C=N–C) groups is 1. The predicted octanol–water partition coefficient (Wildman–Crippen LogP) is 5.93. The summed E-state index contributed by atoms with van der Waals surface area (Å²) in [6, 6.07) is 11.9. The minimum atomic E-state index is -5.14. The van der Waals surface area contributed by atoms with Crippen LogP contribution in [-0.2, 0) is 35.7 Å². The van der Waals surface area contributed by atoms with Gasteiger partial charge >= 0.3 is 12.1 Å². The Morgan fingerprint density at radius 1 is 1.12 bits per heavy atom. The number of carbonyl (C=O) groups excluding carboxylic acids is 2. The van der Waals surface area contributed by atoms with Gasteiger partial charge in [-0.2, -0.15) is 13.2 Å². The van der Waals surface area contributed by atoms with Gasteiger partial charge in [0.25, 0.3) is 5.60 Å². The number of halogens is 3. The zero-order chi connectivity index (χ0) is 30.7. The van der Waals surface area contributed by atoms with Crippen molar-refractivity contribution in [1.82, 2.24) is 5.32 Å². The molecule has 1 saturated heterocycles. The van der Waals surface area contributed by atoms with E-state index in [1.807, 2.05) is 6.07 Å². The summed E-state index contributed by atoms with van der Waals surface area (Å²) < 4.78 is 66.8. The van der Waals surface area contributed by atoms with Crippen molar-refractivity contribution in [1.29, 1.82) is 0 Å². The molecule has 5 rings (SSSR count). The molecule has 1 amide bonds. The number of nitrogens with one attached hydrogen (secondary N) is 1. The minimum Gasteiger partial charge on any atom is -0.472 e. The first-order chi connectivity index (χ1) is 19.6. The van der Waals surface area contributed by atoms with Gasteiger partial charge in [0, 0.05) is 12.7 Å². The largest absolute Gasteiger partial charge is 0.472 e. The van der Waals surface area contributed by atoms with Crippen LogP contribution in [0.15, 0.2) is 53.5 Å². The molecule has 2 fully saturated rings. The highest BCUT2D eigenvalue weighted by Crippen LogP contribution is 2.52. The molecule has 2 aromatic carbocycles. The third-order valence-electron chi connectivity index (χ3n) is 9.00. The Balaban J connectivity index is 1.46. The summed E-state index contributed by atoms with van der Waals surface area (Å²) >= 11 is 0. The maximum Gasteiger partial charge on any atom is 0.432 e. The van der Waals surface area contributed by atoms with E-state index in [0.29, 0.717) is 18.0 Å². The number of amides is 1. The Hall–Kier alpha value is -3.22. The van der Waals surface area contributed by atoms with Crippen LogP contribution in [0.3, 0.4) is 0 Å². The maximum atomic E-state index is 14.5. The van der Waals surface area contributed by atoms with E-state index in [0.717, 1.165) is 24.8 Å². The monoisotopic (exact) mass is 604 g/mol. The van der Waals surface area contributed by atoms with Crippen LogP contribution in [0.1, 0.15) is 44.7 Å². The first kappa shape index (κ1) is 30.2. The fourth-order valence-corrected chi connectivity index (χ4v) is 6.53. The molecule has 12 heteroatoms. The van der Waals surface area contributed by atoms with Crippen LogP contribution in [0.5, 0.6) is 5.75 Å². The summed E-state index contributed by atoms with van der Waals surface area (Å²) in [5, 5.41) is 2.75. The Labute approximate surface area is 243 Å². The van der Waals surface area contributed by atoms with E-state index in [2.05, 4.69) is 44.2 Å². The van der Waals surface area contributed by atoms with Gasteiger partial charge in [-0.25, -0.2) is 9.79 Å². The number of carbonyl (C=O) groups is 2. The van der Waals surface area contributed by atoms with Gasteiger partial charge < -0.3 is 24.0 Å². The Morgan fingerprint density at radius 2 is 1.81 bits per heavy atom. The SMILES string of the molecule is CO[C@](C(=O)O[C@@H]1CC[C@@H]2C(=O)NC3=Nc4cc(CO[Si](C)(C)C(C)(C)C)ccc4O[C@]321)(c1ccccc1)C(F)(F)F. The van der Waals surface area contributed by atoms with Crippen LogP contribution in [-0.4, -0.2) is 51.0 Å². The summed E-state index contributed by atoms with van der Waals surface area (Å²) in [6.07, 6.45) is -6.04. The summed E-state index contributed by atoms with van der Waals surface area (Å²) in [7, 11) is -1.21. The van der Waals surface area contributed by atoms with E-state index < -0.39 is 55.2 Å². The highest BCUT2D eigenvalue weighted by Gasteiger charge is 2.70. The first-order valence-corrected chi connectivity index (χ1v) is 16.7. The van der Waals surface area contributed by atoms with E-state index in [1.54, 1.807) is 12.1 Å². The van der Waals surface area contributed by atoms with Gasteiger partial charge in [-0.3, -0.25) is 4.79 Å². The van der Waals surface area contributed by atoms with Crippen LogP contribution in [0.4, 0.5) is 18.9 Å². The standard InChI is InChI=1S/C30H35F3N2O6Si/c1-27(2,3)42(5,6)39-17-18-12-14-22-21(16-18)34-25-28(41-22)20(24(36)35-25)13-15-23(28)40-26(37)29(38-4,30(31,32)33)19-10-8-7-9-11-19/h7-12,14,16,20,23H,13,15,17H2,1-6H3,(H,34,35,36)/t20-,23-,28-,29+/m1/s1. The normalized spacial score (nSPS) is 24.9. The second-order valence-electron chi connectivity index (χ2n) is 12.5. The molecule has 0 radical (unpaired) electrons. The highest BCUT2D eigenvalue weighted by atomic mass is 28.4. The van der Waals surface area contributed by atoms with Crippen LogP contribution in [0.25, 0.3) is 0 Å². The smallest absolute Gasteiger partial charge is 0.432 e. The molecule has 42 heavy (non-hydrogen) atoms. The van der Waals surface area contributed by atoms with Crippen LogP contribution < -0.4 is 10.1 Å². The number of nitrogens with zero attached hydrogens (tertiary/aromatic N) is 1. The number of ether oxygens (including phenoxy) is 3. The third-order valence-corrected chi connectivity index (χ3v) is 13.5. The molecule has 2 heterocycles. The summed E-state index contributed by atoms with van der Waals surface area (Å²) in [5.41, 5.74) is -4.08. The fourth-order valence-electron chi connectivity index (χ4n) is 5.57. The van der Waals surface area contributed by atoms with Crippen LogP contribution in [0, 0.1) is 5.92 Å².